The van der Waals surface area contributed by atoms with Gasteiger partial charge in [-0.3, -0.25) is 9.59 Å². The maximum atomic E-state index is 12.7. The maximum absolute atomic E-state index is 12.7. The first kappa shape index (κ1) is 20.3. The molecule has 0 atom stereocenters. The van der Waals surface area contributed by atoms with Gasteiger partial charge in [0.25, 0.3) is 5.91 Å². The Balaban J connectivity index is 1.72. The van der Waals surface area contributed by atoms with Gasteiger partial charge in [0.15, 0.2) is 5.69 Å². The average Bonchev–Trinajstić information content (AvgIpc) is 3.02. The van der Waals surface area contributed by atoms with Crippen LogP contribution in [-0.2, 0) is 11.3 Å². The standard InChI is InChI=1S/C22H25N5O2/c1-13-9-10-14(2)18(11-13)23-19(28)12-27-17(5)21(25-26-27)22(29)24-20-15(3)7-6-8-16(20)4/h6-11H,12H2,1-5H3,(H,23,28)(H,24,29). The number of hydrogen-bond acceptors (Lipinski definition) is 4. The van der Waals surface area contributed by atoms with E-state index >= 15 is 0 Å². The van der Waals surface area contributed by atoms with E-state index in [1.54, 1.807) is 6.92 Å². The van der Waals surface area contributed by atoms with Crippen molar-refractivity contribution in [3.63, 3.8) is 0 Å². The summed E-state index contributed by atoms with van der Waals surface area (Å²) in [4.78, 5) is 25.1. The predicted molar refractivity (Wildman–Crippen MR) is 113 cm³/mol. The number of carbonyl (C=O) groups is 2. The molecular weight excluding hydrogens is 366 g/mol. The number of nitrogens with zero attached hydrogens (tertiary/aromatic N) is 3. The van der Waals surface area contributed by atoms with Crippen LogP contribution in [-0.4, -0.2) is 26.8 Å². The Kier molecular flexibility index (Phi) is 5.77. The second-order valence-electron chi connectivity index (χ2n) is 7.27. The molecule has 3 rings (SSSR count). The topological polar surface area (TPSA) is 88.9 Å². The van der Waals surface area contributed by atoms with Gasteiger partial charge >= 0.3 is 0 Å². The third kappa shape index (κ3) is 4.51. The third-order valence-electron chi connectivity index (χ3n) is 4.88. The molecule has 0 unspecified atom stereocenters. The molecule has 2 amide bonds. The van der Waals surface area contributed by atoms with Crippen molar-refractivity contribution in [1.29, 1.82) is 0 Å². The Morgan fingerprint density at radius 1 is 0.931 bits per heavy atom. The molecule has 0 aliphatic rings. The van der Waals surface area contributed by atoms with Crippen LogP contribution in [0.15, 0.2) is 36.4 Å². The normalized spacial score (nSPS) is 10.7. The highest BCUT2D eigenvalue weighted by Gasteiger charge is 2.19. The summed E-state index contributed by atoms with van der Waals surface area (Å²) in [6, 6.07) is 11.7. The first-order chi connectivity index (χ1) is 13.8. The lowest BCUT2D eigenvalue weighted by Gasteiger charge is -2.11. The Morgan fingerprint density at radius 2 is 1.62 bits per heavy atom. The Bertz CT molecular complexity index is 1060. The second-order valence-corrected chi connectivity index (χ2v) is 7.27. The van der Waals surface area contributed by atoms with Crippen LogP contribution in [0.3, 0.4) is 0 Å². The SMILES string of the molecule is Cc1ccc(C)c(NC(=O)Cn2nnc(C(=O)Nc3c(C)cccc3C)c2C)c1. The van der Waals surface area contributed by atoms with Crippen molar-refractivity contribution in [3.05, 3.63) is 70.0 Å². The first-order valence-electron chi connectivity index (χ1n) is 9.41. The number of carbonyl (C=O) groups excluding carboxylic acids is 2. The zero-order valence-corrected chi connectivity index (χ0v) is 17.3. The number of hydrogen-bond donors (Lipinski definition) is 2. The Morgan fingerprint density at radius 3 is 2.31 bits per heavy atom. The number of amides is 2. The monoisotopic (exact) mass is 391 g/mol. The van der Waals surface area contributed by atoms with Crippen molar-refractivity contribution in [2.24, 2.45) is 0 Å². The van der Waals surface area contributed by atoms with E-state index in [-0.39, 0.29) is 24.1 Å². The van der Waals surface area contributed by atoms with E-state index < -0.39 is 0 Å². The van der Waals surface area contributed by atoms with Crippen molar-refractivity contribution in [3.8, 4) is 0 Å². The van der Waals surface area contributed by atoms with E-state index in [9.17, 15) is 9.59 Å². The molecule has 0 saturated carbocycles. The van der Waals surface area contributed by atoms with Gasteiger partial charge in [-0.15, -0.1) is 5.10 Å². The molecule has 7 nitrogen and oxygen atoms in total. The van der Waals surface area contributed by atoms with Crippen LogP contribution in [0.4, 0.5) is 11.4 Å². The van der Waals surface area contributed by atoms with E-state index in [0.29, 0.717) is 5.69 Å². The van der Waals surface area contributed by atoms with Crippen LogP contribution in [0.1, 0.15) is 38.4 Å². The molecule has 3 aromatic rings. The number of rotatable bonds is 5. The predicted octanol–water partition coefficient (Wildman–Crippen LogP) is 3.71. The second kappa shape index (κ2) is 8.26. The lowest BCUT2D eigenvalue weighted by atomic mass is 10.1. The number of benzene rings is 2. The zero-order valence-electron chi connectivity index (χ0n) is 17.3. The highest BCUT2D eigenvalue weighted by Crippen LogP contribution is 2.21. The van der Waals surface area contributed by atoms with Crippen LogP contribution >= 0.6 is 0 Å². The summed E-state index contributed by atoms with van der Waals surface area (Å²) < 4.78 is 1.43. The summed E-state index contributed by atoms with van der Waals surface area (Å²) in [5.41, 5.74) is 6.24. The molecule has 0 aliphatic heterocycles. The van der Waals surface area contributed by atoms with Gasteiger partial charge in [-0.2, -0.15) is 0 Å². The van der Waals surface area contributed by atoms with Crippen LogP contribution < -0.4 is 10.6 Å². The van der Waals surface area contributed by atoms with E-state index in [1.165, 1.54) is 4.68 Å². The van der Waals surface area contributed by atoms with Gasteiger partial charge in [0.2, 0.25) is 5.91 Å². The molecule has 0 saturated heterocycles. The minimum atomic E-state index is -0.346. The summed E-state index contributed by atoms with van der Waals surface area (Å²) >= 11 is 0. The largest absolute Gasteiger partial charge is 0.324 e. The Hall–Kier alpha value is -3.48. The fourth-order valence-corrected chi connectivity index (χ4v) is 3.10. The first-order valence-corrected chi connectivity index (χ1v) is 9.41. The van der Waals surface area contributed by atoms with Crippen LogP contribution in [0, 0.1) is 34.6 Å². The van der Waals surface area contributed by atoms with E-state index in [4.69, 9.17) is 0 Å². The van der Waals surface area contributed by atoms with Gasteiger partial charge in [-0.1, -0.05) is 35.5 Å². The van der Waals surface area contributed by atoms with Gasteiger partial charge in [-0.05, 0) is 62.9 Å². The molecule has 2 aromatic carbocycles. The number of para-hydroxylation sites is 1. The number of aryl methyl sites for hydroxylation is 4. The molecule has 0 radical (unpaired) electrons. The molecule has 1 aromatic heterocycles. The van der Waals surface area contributed by atoms with Crippen LogP contribution in [0.2, 0.25) is 0 Å². The van der Waals surface area contributed by atoms with Crippen molar-refractivity contribution in [1.82, 2.24) is 15.0 Å². The smallest absolute Gasteiger partial charge is 0.278 e. The van der Waals surface area contributed by atoms with E-state index in [1.807, 2.05) is 64.1 Å². The number of nitrogens with one attached hydrogen (secondary N) is 2. The van der Waals surface area contributed by atoms with Crippen molar-refractivity contribution in [2.45, 2.75) is 41.2 Å². The molecule has 0 fully saturated rings. The Labute approximate surface area is 170 Å². The molecule has 1 heterocycles. The minimum absolute atomic E-state index is 0.0249. The quantitative estimate of drug-likeness (QED) is 0.694. The molecular formula is C22H25N5O2. The summed E-state index contributed by atoms with van der Waals surface area (Å²) in [5.74, 6) is -0.575. The lowest BCUT2D eigenvalue weighted by Crippen LogP contribution is -2.21. The molecule has 0 bridgehead atoms. The number of anilines is 2. The summed E-state index contributed by atoms with van der Waals surface area (Å²) in [6.07, 6.45) is 0. The zero-order chi connectivity index (χ0) is 21.1. The van der Waals surface area contributed by atoms with Crippen molar-refractivity contribution >= 4 is 23.2 Å². The van der Waals surface area contributed by atoms with Crippen molar-refractivity contribution in [2.75, 3.05) is 10.6 Å². The van der Waals surface area contributed by atoms with Gasteiger partial charge < -0.3 is 10.6 Å². The van der Waals surface area contributed by atoms with Crippen LogP contribution in [0.25, 0.3) is 0 Å². The van der Waals surface area contributed by atoms with E-state index in [0.717, 1.165) is 33.6 Å². The van der Waals surface area contributed by atoms with Gasteiger partial charge in [0.1, 0.15) is 6.54 Å². The highest BCUT2D eigenvalue weighted by atomic mass is 16.2. The third-order valence-corrected chi connectivity index (χ3v) is 4.88. The van der Waals surface area contributed by atoms with Gasteiger partial charge in [-0.25, -0.2) is 4.68 Å². The molecule has 29 heavy (non-hydrogen) atoms. The fraction of sp³-hybridized carbons (Fsp3) is 0.273. The summed E-state index contributed by atoms with van der Waals surface area (Å²) in [6.45, 7) is 9.48. The van der Waals surface area contributed by atoms with Crippen molar-refractivity contribution < 1.29 is 9.59 Å². The van der Waals surface area contributed by atoms with Gasteiger partial charge in [0.05, 0.1) is 5.69 Å². The van der Waals surface area contributed by atoms with E-state index in [2.05, 4.69) is 20.9 Å². The summed E-state index contributed by atoms with van der Waals surface area (Å²) in [5, 5.41) is 13.8. The highest BCUT2D eigenvalue weighted by molar-refractivity contribution is 6.04. The average molecular weight is 391 g/mol. The molecule has 150 valence electrons. The minimum Gasteiger partial charge on any atom is -0.324 e. The molecule has 7 heteroatoms. The van der Waals surface area contributed by atoms with Gasteiger partial charge in [0, 0.05) is 11.4 Å². The molecule has 0 aliphatic carbocycles. The molecule has 2 N–H and O–H groups in total. The summed E-state index contributed by atoms with van der Waals surface area (Å²) in [7, 11) is 0. The lowest BCUT2D eigenvalue weighted by molar-refractivity contribution is -0.117. The number of aromatic nitrogens is 3. The van der Waals surface area contributed by atoms with Crippen LogP contribution in [0.5, 0.6) is 0 Å². The fourth-order valence-electron chi connectivity index (χ4n) is 3.10. The maximum Gasteiger partial charge on any atom is 0.278 e. The molecule has 0 spiro atoms.